The van der Waals surface area contributed by atoms with E-state index in [1.54, 1.807) is 18.7 Å². The van der Waals surface area contributed by atoms with E-state index in [0.717, 1.165) is 68.1 Å². The van der Waals surface area contributed by atoms with Gasteiger partial charge in [-0.15, -0.1) is 0 Å². The quantitative estimate of drug-likeness (QED) is 0.435. The molecule has 31 heavy (non-hydrogen) atoms. The third kappa shape index (κ3) is 5.41. The summed E-state index contributed by atoms with van der Waals surface area (Å²) >= 11 is 6.39. The molecule has 0 amide bonds. The van der Waals surface area contributed by atoms with Crippen LogP contribution in [0, 0.1) is 0 Å². The lowest BCUT2D eigenvalue weighted by Crippen LogP contribution is -2.31. The summed E-state index contributed by atoms with van der Waals surface area (Å²) in [4.78, 5) is 2.54. The molecule has 3 aromatic carbocycles. The van der Waals surface area contributed by atoms with Crippen molar-refractivity contribution in [3.63, 3.8) is 0 Å². The molecule has 0 aromatic heterocycles. The number of allylic oxidation sites excluding steroid dienone is 1. The van der Waals surface area contributed by atoms with Crippen molar-refractivity contribution in [3.8, 4) is 11.5 Å². The number of rotatable bonds is 7. The van der Waals surface area contributed by atoms with Crippen LogP contribution in [0.5, 0.6) is 11.5 Å². The number of phenols is 1. The lowest BCUT2D eigenvalue weighted by atomic mass is 9.99. The second kappa shape index (κ2) is 10.2. The van der Waals surface area contributed by atoms with Gasteiger partial charge in [0.2, 0.25) is 0 Å². The van der Waals surface area contributed by atoms with Gasteiger partial charge in [0.25, 0.3) is 0 Å². The molecule has 1 fully saturated rings. The summed E-state index contributed by atoms with van der Waals surface area (Å²) in [5.41, 5.74) is 3.95. The molecule has 0 saturated carbocycles. The smallest absolute Gasteiger partial charge is 0.138 e. The summed E-state index contributed by atoms with van der Waals surface area (Å²) in [7, 11) is 1.60. The summed E-state index contributed by atoms with van der Waals surface area (Å²) in [6.07, 6.45) is 7.67. The highest BCUT2D eigenvalue weighted by Gasteiger charge is 2.14. The van der Waals surface area contributed by atoms with Crippen LogP contribution in [0.15, 0.2) is 66.2 Å². The minimum atomic E-state index is 0.312. The molecule has 1 aliphatic heterocycles. The van der Waals surface area contributed by atoms with Crippen molar-refractivity contribution < 1.29 is 9.84 Å². The average Bonchev–Trinajstić information content (AvgIpc) is 2.80. The molecule has 4 heteroatoms. The molecule has 1 heterocycles. The Balaban J connectivity index is 1.28. The fourth-order valence-corrected chi connectivity index (χ4v) is 4.65. The Labute approximate surface area is 189 Å². The molecule has 1 aliphatic rings. The topological polar surface area (TPSA) is 32.7 Å². The number of aryl methyl sites for hydroxylation is 1. The van der Waals surface area contributed by atoms with Gasteiger partial charge in [-0.2, -0.15) is 0 Å². The second-order valence-electron chi connectivity index (χ2n) is 8.28. The molecule has 0 spiro atoms. The zero-order valence-electron chi connectivity index (χ0n) is 18.1. The molecule has 3 nitrogen and oxygen atoms in total. The molecule has 1 saturated heterocycles. The Kier molecular flexibility index (Phi) is 7.16. The zero-order chi connectivity index (χ0) is 21.6. The minimum absolute atomic E-state index is 0.312. The van der Waals surface area contributed by atoms with E-state index in [1.165, 1.54) is 5.56 Å². The number of ether oxygens (including phenoxy) is 1. The molecule has 0 bridgehead atoms. The predicted octanol–water partition coefficient (Wildman–Crippen LogP) is 6.40. The van der Waals surface area contributed by atoms with Gasteiger partial charge < -0.3 is 14.7 Å². The van der Waals surface area contributed by atoms with E-state index in [4.69, 9.17) is 16.3 Å². The number of benzene rings is 3. The third-order valence-corrected chi connectivity index (χ3v) is 6.62. The number of methoxy groups -OCH3 is 1. The molecular formula is C27H30ClNO2. The van der Waals surface area contributed by atoms with Crippen molar-refractivity contribution in [1.82, 2.24) is 4.90 Å². The van der Waals surface area contributed by atoms with Crippen LogP contribution in [-0.2, 0) is 12.8 Å². The predicted molar refractivity (Wildman–Crippen MR) is 129 cm³/mol. The van der Waals surface area contributed by atoms with E-state index in [-0.39, 0.29) is 0 Å². The molecular weight excluding hydrogens is 406 g/mol. The minimum Gasteiger partial charge on any atom is -0.508 e. The van der Waals surface area contributed by atoms with Gasteiger partial charge >= 0.3 is 0 Å². The van der Waals surface area contributed by atoms with Gasteiger partial charge in [0.05, 0.1) is 12.1 Å². The van der Waals surface area contributed by atoms with E-state index in [0.29, 0.717) is 16.5 Å². The first-order valence-corrected chi connectivity index (χ1v) is 11.4. The molecule has 3 aromatic rings. The maximum absolute atomic E-state index is 10.5. The summed E-state index contributed by atoms with van der Waals surface area (Å²) < 4.78 is 5.28. The van der Waals surface area contributed by atoms with Gasteiger partial charge in [0, 0.05) is 18.5 Å². The number of hydrogen-bond acceptors (Lipinski definition) is 3. The van der Waals surface area contributed by atoms with Crippen LogP contribution in [-0.4, -0.2) is 36.8 Å². The fourth-order valence-electron chi connectivity index (χ4n) is 4.35. The highest BCUT2D eigenvalue weighted by Crippen LogP contribution is 2.36. The van der Waals surface area contributed by atoms with Crippen molar-refractivity contribution in [2.45, 2.75) is 32.1 Å². The Hall–Kier alpha value is -2.49. The van der Waals surface area contributed by atoms with Crippen LogP contribution in [0.4, 0.5) is 0 Å². The average molecular weight is 436 g/mol. The lowest BCUT2D eigenvalue weighted by molar-refractivity contribution is 0.253. The van der Waals surface area contributed by atoms with Crippen molar-refractivity contribution in [2.24, 2.45) is 0 Å². The molecule has 162 valence electrons. The number of piperidine rings is 1. The molecule has 1 N–H and O–H groups in total. The van der Waals surface area contributed by atoms with Gasteiger partial charge in [-0.3, -0.25) is 0 Å². The maximum atomic E-state index is 10.5. The Morgan fingerprint density at radius 3 is 2.58 bits per heavy atom. The van der Waals surface area contributed by atoms with E-state index in [9.17, 15) is 5.11 Å². The van der Waals surface area contributed by atoms with Gasteiger partial charge in [-0.1, -0.05) is 59.6 Å². The van der Waals surface area contributed by atoms with Crippen LogP contribution in [0.25, 0.3) is 10.8 Å². The number of aromatic hydroxyl groups is 1. The summed E-state index contributed by atoms with van der Waals surface area (Å²) in [5, 5.41) is 12.9. The van der Waals surface area contributed by atoms with Crippen LogP contribution in [0.1, 0.15) is 30.4 Å². The standard InChI is InChI=1S/C27H30ClNO2/c1-31-26-12-11-22-18-23(25(30)19-24(22)27(26)28)8-5-15-29-16-13-21(14-17-29)10-9-20-6-3-2-4-7-20/h2-4,6-7,10-12,18-19,30H,5,8-9,13-17H2,1H3. The number of hydrogen-bond donors (Lipinski definition) is 1. The number of phenolic OH excluding ortho intramolecular Hbond substituents is 1. The van der Waals surface area contributed by atoms with Crippen molar-refractivity contribution >= 4 is 22.4 Å². The van der Waals surface area contributed by atoms with Gasteiger partial charge in [-0.05, 0) is 73.4 Å². The molecule has 4 rings (SSSR count). The van der Waals surface area contributed by atoms with Crippen LogP contribution in [0.2, 0.25) is 5.02 Å². The molecule has 0 atom stereocenters. The summed E-state index contributed by atoms with van der Waals surface area (Å²) in [6, 6.07) is 18.4. The summed E-state index contributed by atoms with van der Waals surface area (Å²) in [5.74, 6) is 0.941. The second-order valence-corrected chi connectivity index (χ2v) is 8.66. The number of halogens is 1. The highest BCUT2D eigenvalue weighted by atomic mass is 35.5. The van der Waals surface area contributed by atoms with E-state index >= 15 is 0 Å². The Bertz CT molecular complexity index is 1050. The lowest BCUT2D eigenvalue weighted by Gasteiger charge is -2.28. The van der Waals surface area contributed by atoms with E-state index < -0.39 is 0 Å². The molecule has 0 radical (unpaired) electrons. The van der Waals surface area contributed by atoms with Crippen molar-refractivity contribution in [3.05, 3.63) is 82.4 Å². The SMILES string of the molecule is COc1ccc2cc(CCCN3CCC(=CCc4ccccc4)CC3)c(O)cc2c1Cl. The van der Waals surface area contributed by atoms with Crippen LogP contribution >= 0.6 is 11.6 Å². The number of likely N-dealkylation sites (tertiary alicyclic amines) is 1. The normalized spacial score (nSPS) is 14.7. The largest absolute Gasteiger partial charge is 0.508 e. The maximum Gasteiger partial charge on any atom is 0.138 e. The highest BCUT2D eigenvalue weighted by molar-refractivity contribution is 6.37. The van der Waals surface area contributed by atoms with Crippen molar-refractivity contribution in [1.29, 1.82) is 0 Å². The molecule has 0 aliphatic carbocycles. The number of fused-ring (bicyclic) bond motifs is 1. The Morgan fingerprint density at radius 1 is 1.06 bits per heavy atom. The van der Waals surface area contributed by atoms with Gasteiger partial charge in [-0.25, -0.2) is 0 Å². The van der Waals surface area contributed by atoms with Crippen molar-refractivity contribution in [2.75, 3.05) is 26.7 Å². The zero-order valence-corrected chi connectivity index (χ0v) is 18.9. The first-order chi connectivity index (χ1) is 15.1. The monoisotopic (exact) mass is 435 g/mol. The third-order valence-electron chi connectivity index (χ3n) is 6.23. The van der Waals surface area contributed by atoms with Crippen LogP contribution < -0.4 is 4.74 Å². The van der Waals surface area contributed by atoms with Crippen LogP contribution in [0.3, 0.4) is 0 Å². The number of nitrogens with zero attached hydrogens (tertiary/aromatic N) is 1. The van der Waals surface area contributed by atoms with Gasteiger partial charge in [0.15, 0.2) is 0 Å². The van der Waals surface area contributed by atoms with Gasteiger partial charge in [0.1, 0.15) is 11.5 Å². The van der Waals surface area contributed by atoms with E-state index in [1.807, 2.05) is 12.1 Å². The first-order valence-electron chi connectivity index (χ1n) is 11.1. The first kappa shape index (κ1) is 21.7. The fraction of sp³-hybridized carbons (Fsp3) is 0.333. The Morgan fingerprint density at radius 2 is 1.84 bits per heavy atom. The summed E-state index contributed by atoms with van der Waals surface area (Å²) in [6.45, 7) is 3.31. The van der Waals surface area contributed by atoms with E-state index in [2.05, 4.69) is 47.4 Å². The molecule has 0 unspecified atom stereocenters.